The number of piperidine rings is 1. The molecule has 0 aromatic heterocycles. The Balaban J connectivity index is 1.37. The van der Waals surface area contributed by atoms with Crippen LogP contribution in [0.5, 0.6) is 11.5 Å². The van der Waals surface area contributed by atoms with E-state index in [2.05, 4.69) is 36.9 Å². The van der Waals surface area contributed by atoms with Crippen molar-refractivity contribution in [2.75, 3.05) is 13.1 Å². The molecule has 0 radical (unpaired) electrons. The Labute approximate surface area is 190 Å². The van der Waals surface area contributed by atoms with E-state index in [1.165, 1.54) is 30.5 Å². The molecule has 0 unspecified atom stereocenters. The van der Waals surface area contributed by atoms with E-state index in [0.717, 1.165) is 42.4 Å². The van der Waals surface area contributed by atoms with Crippen molar-refractivity contribution in [3.63, 3.8) is 0 Å². The van der Waals surface area contributed by atoms with Gasteiger partial charge in [-0.2, -0.15) is 0 Å². The van der Waals surface area contributed by atoms with Gasteiger partial charge in [-0.25, -0.2) is 0 Å². The first-order chi connectivity index (χ1) is 15.6. The van der Waals surface area contributed by atoms with Gasteiger partial charge in [-0.15, -0.1) is 0 Å². The molecular formula is C28H33NO3. The molecule has 0 bridgehead atoms. The molecule has 168 valence electrons. The normalized spacial score (nSPS) is 31.4. The van der Waals surface area contributed by atoms with Crippen molar-refractivity contribution >= 4 is 5.78 Å². The van der Waals surface area contributed by atoms with Crippen molar-refractivity contribution in [1.82, 2.24) is 4.90 Å². The summed E-state index contributed by atoms with van der Waals surface area (Å²) in [4.78, 5) is 15.9. The molecule has 2 saturated carbocycles. The standard InChI is InChI=1S/C28H33NO3/c1-18-8-13-24(31-17-21-6-4-3-5-7-21)26-25(18)28-14-15-29(16-20-9-10-20)19(2)22(28)11-12-23(30)27(28)32-26/h3-8,13,19-20,22,27H,9-12,14-17H2,1-2H3/t19-,22+,27+,28+/m0/s1. The SMILES string of the molecule is Cc1ccc(OCc2ccccc2)c2c1[C@@]13CCN(CC4CC4)[C@@H](C)[C@H]1CCC(=O)[C@H]3O2. The lowest BCUT2D eigenvalue weighted by Gasteiger charge is -2.54. The number of likely N-dealkylation sites (tertiary alicyclic amines) is 1. The number of hydrogen-bond donors (Lipinski definition) is 0. The van der Waals surface area contributed by atoms with Crippen LogP contribution in [0.2, 0.25) is 0 Å². The van der Waals surface area contributed by atoms with Crippen molar-refractivity contribution in [3.8, 4) is 11.5 Å². The second-order valence-corrected chi connectivity index (χ2v) is 10.4. The van der Waals surface area contributed by atoms with Gasteiger partial charge in [0.1, 0.15) is 6.61 Å². The largest absolute Gasteiger partial charge is 0.485 e. The highest BCUT2D eigenvalue weighted by molar-refractivity contribution is 5.88. The molecule has 4 heteroatoms. The highest BCUT2D eigenvalue weighted by Crippen LogP contribution is 2.60. The van der Waals surface area contributed by atoms with Crippen LogP contribution in [0.3, 0.4) is 0 Å². The van der Waals surface area contributed by atoms with Gasteiger partial charge >= 0.3 is 0 Å². The maximum atomic E-state index is 13.2. The van der Waals surface area contributed by atoms with E-state index < -0.39 is 0 Å². The van der Waals surface area contributed by atoms with Gasteiger partial charge in [-0.05, 0) is 75.1 Å². The average molecular weight is 432 g/mol. The summed E-state index contributed by atoms with van der Waals surface area (Å²) in [6.07, 6.45) is 5.00. The van der Waals surface area contributed by atoms with E-state index in [9.17, 15) is 4.79 Å². The lowest BCUT2D eigenvalue weighted by atomic mass is 9.55. The van der Waals surface area contributed by atoms with Crippen LogP contribution in [0.4, 0.5) is 0 Å². The fourth-order valence-corrected chi connectivity index (χ4v) is 6.77. The maximum Gasteiger partial charge on any atom is 0.174 e. The molecule has 2 aliphatic carbocycles. The van der Waals surface area contributed by atoms with Gasteiger partial charge < -0.3 is 14.4 Å². The molecular weight excluding hydrogens is 398 g/mol. The Morgan fingerprint density at radius 2 is 1.94 bits per heavy atom. The summed E-state index contributed by atoms with van der Waals surface area (Å²) in [7, 11) is 0. The fourth-order valence-electron chi connectivity index (χ4n) is 6.77. The van der Waals surface area contributed by atoms with E-state index >= 15 is 0 Å². The fraction of sp³-hybridized carbons (Fsp3) is 0.536. The van der Waals surface area contributed by atoms with Crippen molar-refractivity contribution < 1.29 is 14.3 Å². The van der Waals surface area contributed by atoms with E-state index in [0.29, 0.717) is 25.0 Å². The zero-order valence-corrected chi connectivity index (χ0v) is 19.2. The van der Waals surface area contributed by atoms with Crippen LogP contribution in [0, 0.1) is 18.8 Å². The van der Waals surface area contributed by atoms with E-state index in [1.54, 1.807) is 0 Å². The average Bonchev–Trinajstić information content (AvgIpc) is 3.55. The highest BCUT2D eigenvalue weighted by atomic mass is 16.5. The number of benzene rings is 2. The Hall–Kier alpha value is -2.33. The van der Waals surface area contributed by atoms with Crippen LogP contribution < -0.4 is 9.47 Å². The zero-order chi connectivity index (χ0) is 21.9. The molecule has 6 rings (SSSR count). The highest BCUT2D eigenvalue weighted by Gasteiger charge is 2.63. The molecule has 2 aromatic rings. The molecule has 2 heterocycles. The molecule has 0 N–H and O–H groups in total. The maximum absolute atomic E-state index is 13.2. The number of carbonyl (C=O) groups excluding carboxylic acids is 1. The van der Waals surface area contributed by atoms with Gasteiger partial charge in [0.15, 0.2) is 23.4 Å². The Morgan fingerprint density at radius 1 is 1.12 bits per heavy atom. The second kappa shape index (κ2) is 7.62. The molecule has 32 heavy (non-hydrogen) atoms. The number of carbonyl (C=O) groups is 1. The third-order valence-electron chi connectivity index (χ3n) is 8.55. The first-order valence-corrected chi connectivity index (χ1v) is 12.3. The summed E-state index contributed by atoms with van der Waals surface area (Å²) in [6.45, 7) is 7.34. The van der Waals surface area contributed by atoms with Gasteiger partial charge in [0.05, 0.1) is 0 Å². The number of nitrogens with zero attached hydrogens (tertiary/aromatic N) is 1. The predicted molar refractivity (Wildman–Crippen MR) is 124 cm³/mol. The van der Waals surface area contributed by atoms with Crippen molar-refractivity contribution in [2.24, 2.45) is 11.8 Å². The second-order valence-electron chi connectivity index (χ2n) is 10.4. The van der Waals surface area contributed by atoms with Crippen LogP contribution in [-0.4, -0.2) is 35.9 Å². The molecule has 4 nitrogen and oxygen atoms in total. The molecule has 2 aliphatic heterocycles. The first kappa shape index (κ1) is 20.3. The smallest absolute Gasteiger partial charge is 0.174 e. The molecule has 2 aromatic carbocycles. The monoisotopic (exact) mass is 431 g/mol. The molecule has 3 fully saturated rings. The summed E-state index contributed by atoms with van der Waals surface area (Å²) in [5.74, 6) is 3.21. The number of rotatable bonds is 5. The summed E-state index contributed by atoms with van der Waals surface area (Å²) >= 11 is 0. The van der Waals surface area contributed by atoms with Crippen LogP contribution in [0.15, 0.2) is 42.5 Å². The minimum Gasteiger partial charge on any atom is -0.485 e. The van der Waals surface area contributed by atoms with Crippen molar-refractivity contribution in [3.05, 3.63) is 59.2 Å². The van der Waals surface area contributed by atoms with E-state index in [1.807, 2.05) is 24.3 Å². The van der Waals surface area contributed by atoms with Gasteiger partial charge in [-0.3, -0.25) is 4.79 Å². The molecule has 0 amide bonds. The van der Waals surface area contributed by atoms with Crippen LogP contribution in [0.25, 0.3) is 0 Å². The molecule has 1 saturated heterocycles. The number of aryl methyl sites for hydroxylation is 1. The summed E-state index contributed by atoms with van der Waals surface area (Å²) in [5, 5.41) is 0. The van der Waals surface area contributed by atoms with Gasteiger partial charge in [0.2, 0.25) is 0 Å². The lowest BCUT2D eigenvalue weighted by Crippen LogP contribution is -2.63. The van der Waals surface area contributed by atoms with Crippen LogP contribution in [-0.2, 0) is 16.8 Å². The summed E-state index contributed by atoms with van der Waals surface area (Å²) in [6, 6.07) is 14.9. The minimum absolute atomic E-state index is 0.208. The number of ketones is 1. The third kappa shape index (κ3) is 3.10. The Kier molecular flexibility index (Phi) is 4.83. The number of hydrogen-bond acceptors (Lipinski definition) is 4. The zero-order valence-electron chi connectivity index (χ0n) is 19.2. The molecule has 4 aliphatic rings. The lowest BCUT2D eigenvalue weighted by molar-refractivity contribution is -0.137. The van der Waals surface area contributed by atoms with Gasteiger partial charge in [0.25, 0.3) is 0 Å². The quantitative estimate of drug-likeness (QED) is 0.664. The van der Waals surface area contributed by atoms with E-state index in [-0.39, 0.29) is 17.3 Å². The summed E-state index contributed by atoms with van der Waals surface area (Å²) in [5.41, 5.74) is 3.41. The molecule has 1 spiro atoms. The Morgan fingerprint density at radius 3 is 2.72 bits per heavy atom. The number of fused-ring (bicyclic) bond motifs is 1. The van der Waals surface area contributed by atoms with Crippen molar-refractivity contribution in [1.29, 1.82) is 0 Å². The van der Waals surface area contributed by atoms with Gasteiger partial charge in [-0.1, -0.05) is 36.4 Å². The van der Waals surface area contributed by atoms with Crippen molar-refractivity contribution in [2.45, 2.75) is 70.1 Å². The third-order valence-corrected chi connectivity index (χ3v) is 8.55. The van der Waals surface area contributed by atoms with Gasteiger partial charge in [0, 0.05) is 30.0 Å². The molecule has 4 atom stereocenters. The topological polar surface area (TPSA) is 38.8 Å². The Bertz CT molecular complexity index is 1030. The van der Waals surface area contributed by atoms with E-state index in [4.69, 9.17) is 9.47 Å². The number of Topliss-reactive ketones (excluding diaryl/α,β-unsaturated/α-hetero) is 1. The summed E-state index contributed by atoms with van der Waals surface area (Å²) < 4.78 is 12.8. The van der Waals surface area contributed by atoms with Crippen LogP contribution in [0.1, 0.15) is 55.7 Å². The predicted octanol–water partition coefficient (Wildman–Crippen LogP) is 5.06. The first-order valence-electron chi connectivity index (χ1n) is 12.3. The van der Waals surface area contributed by atoms with Crippen LogP contribution >= 0.6 is 0 Å². The minimum atomic E-state index is -0.359. The number of ether oxygens (including phenoxy) is 2.